The van der Waals surface area contributed by atoms with Gasteiger partial charge in [-0.3, -0.25) is 4.90 Å². The predicted molar refractivity (Wildman–Crippen MR) is 63.7 cm³/mol. The molecule has 0 spiro atoms. The molecule has 0 unspecified atom stereocenters. The fourth-order valence-electron chi connectivity index (χ4n) is 2.34. The molecule has 1 atom stereocenters. The molecular weight excluding hydrogens is 255 g/mol. The highest BCUT2D eigenvalue weighted by molar-refractivity contribution is 5.25. The summed E-state index contributed by atoms with van der Waals surface area (Å²) in [5.41, 5.74) is -0.344. The fraction of sp³-hybridized carbons (Fsp3) is 0.462. The monoisotopic (exact) mass is 269 g/mol. The van der Waals surface area contributed by atoms with Crippen LogP contribution < -0.4 is 5.32 Å². The summed E-state index contributed by atoms with van der Waals surface area (Å²) in [6.07, 6.45) is -0.0721. The van der Waals surface area contributed by atoms with Crippen molar-refractivity contribution in [3.8, 4) is 6.07 Å². The highest BCUT2D eigenvalue weighted by Gasteiger charge is 2.28. The van der Waals surface area contributed by atoms with Crippen LogP contribution in [0.1, 0.15) is 18.0 Å². The molecule has 0 amide bonds. The zero-order valence-corrected chi connectivity index (χ0v) is 10.3. The SMILES string of the molecule is N#CC[C@H](c1c(F)ccc(F)c1F)N1CCNCC1. The largest absolute Gasteiger partial charge is 0.314 e. The molecule has 2 rings (SSSR count). The lowest BCUT2D eigenvalue weighted by Crippen LogP contribution is -2.45. The Morgan fingerprint density at radius 3 is 2.47 bits per heavy atom. The third-order valence-electron chi connectivity index (χ3n) is 3.29. The lowest BCUT2D eigenvalue weighted by atomic mass is 10.00. The van der Waals surface area contributed by atoms with E-state index in [1.54, 1.807) is 4.90 Å². The van der Waals surface area contributed by atoms with Gasteiger partial charge < -0.3 is 5.32 Å². The molecule has 1 fully saturated rings. The van der Waals surface area contributed by atoms with E-state index in [0.29, 0.717) is 26.2 Å². The van der Waals surface area contributed by atoms with Crippen LogP contribution in [0.25, 0.3) is 0 Å². The number of nitriles is 1. The van der Waals surface area contributed by atoms with Crippen LogP contribution in [0, 0.1) is 28.8 Å². The van der Waals surface area contributed by atoms with Gasteiger partial charge >= 0.3 is 0 Å². The van der Waals surface area contributed by atoms with Crippen molar-refractivity contribution in [1.82, 2.24) is 10.2 Å². The van der Waals surface area contributed by atoms with Gasteiger partial charge in [0.25, 0.3) is 0 Å². The van der Waals surface area contributed by atoms with E-state index in [9.17, 15) is 13.2 Å². The molecular formula is C13H14F3N3. The standard InChI is InChI=1S/C13H14F3N3/c14-9-1-2-10(15)13(16)12(9)11(3-4-17)19-7-5-18-6-8-19/h1-2,11,18H,3,5-8H2/t11-/m1/s1. The summed E-state index contributed by atoms with van der Waals surface area (Å²) in [5, 5.41) is 12.0. The maximum atomic E-state index is 13.8. The normalized spacial score (nSPS) is 18.0. The van der Waals surface area contributed by atoms with Gasteiger partial charge in [0.05, 0.1) is 18.5 Å². The first-order chi connectivity index (χ1) is 9.15. The predicted octanol–water partition coefficient (Wildman–Crippen LogP) is 1.96. The Morgan fingerprint density at radius 2 is 1.84 bits per heavy atom. The van der Waals surface area contributed by atoms with Crippen molar-refractivity contribution in [2.75, 3.05) is 26.2 Å². The molecule has 0 aliphatic carbocycles. The van der Waals surface area contributed by atoms with E-state index < -0.39 is 23.5 Å². The van der Waals surface area contributed by atoms with Gasteiger partial charge in [-0.05, 0) is 12.1 Å². The zero-order valence-electron chi connectivity index (χ0n) is 10.3. The van der Waals surface area contributed by atoms with Crippen molar-refractivity contribution < 1.29 is 13.2 Å². The summed E-state index contributed by atoms with van der Waals surface area (Å²) >= 11 is 0. The van der Waals surface area contributed by atoms with Crippen LogP contribution in [-0.2, 0) is 0 Å². The van der Waals surface area contributed by atoms with Gasteiger partial charge in [-0.1, -0.05) is 0 Å². The van der Waals surface area contributed by atoms with Crippen LogP contribution in [0.15, 0.2) is 12.1 Å². The molecule has 3 nitrogen and oxygen atoms in total. The van der Waals surface area contributed by atoms with Crippen LogP contribution >= 0.6 is 0 Å². The summed E-state index contributed by atoms with van der Waals surface area (Å²) in [6.45, 7) is 2.50. The molecule has 1 heterocycles. The summed E-state index contributed by atoms with van der Waals surface area (Å²) in [6, 6.07) is 2.83. The summed E-state index contributed by atoms with van der Waals surface area (Å²) in [7, 11) is 0. The molecule has 6 heteroatoms. The summed E-state index contributed by atoms with van der Waals surface area (Å²) < 4.78 is 40.9. The van der Waals surface area contributed by atoms with E-state index in [1.807, 2.05) is 6.07 Å². The lowest BCUT2D eigenvalue weighted by molar-refractivity contribution is 0.168. The Morgan fingerprint density at radius 1 is 1.21 bits per heavy atom. The Hall–Kier alpha value is -1.58. The average Bonchev–Trinajstić information content (AvgIpc) is 2.43. The molecule has 1 aliphatic rings. The second-order valence-electron chi connectivity index (χ2n) is 4.42. The number of benzene rings is 1. The van der Waals surface area contributed by atoms with Gasteiger partial charge in [-0.15, -0.1) is 0 Å². The molecule has 1 saturated heterocycles. The molecule has 1 aromatic carbocycles. The van der Waals surface area contributed by atoms with Crippen molar-refractivity contribution in [3.05, 3.63) is 35.1 Å². The fourth-order valence-corrected chi connectivity index (χ4v) is 2.34. The minimum Gasteiger partial charge on any atom is -0.314 e. The third kappa shape index (κ3) is 2.88. The number of hydrogen-bond acceptors (Lipinski definition) is 3. The van der Waals surface area contributed by atoms with E-state index in [1.165, 1.54) is 0 Å². The van der Waals surface area contributed by atoms with Crippen molar-refractivity contribution in [2.45, 2.75) is 12.5 Å². The first-order valence-electron chi connectivity index (χ1n) is 6.10. The topological polar surface area (TPSA) is 39.1 Å². The minimum absolute atomic E-state index is 0.0721. The molecule has 0 bridgehead atoms. The molecule has 1 aliphatic heterocycles. The number of piperazine rings is 1. The minimum atomic E-state index is -1.20. The van der Waals surface area contributed by atoms with Gasteiger partial charge in [-0.25, -0.2) is 13.2 Å². The summed E-state index contributed by atoms with van der Waals surface area (Å²) in [5.74, 6) is -3.09. The van der Waals surface area contributed by atoms with Gasteiger partial charge in [0.1, 0.15) is 5.82 Å². The molecule has 0 aromatic heterocycles. The maximum Gasteiger partial charge on any atom is 0.166 e. The first-order valence-corrected chi connectivity index (χ1v) is 6.10. The number of rotatable bonds is 3. The van der Waals surface area contributed by atoms with Crippen molar-refractivity contribution in [3.63, 3.8) is 0 Å². The second-order valence-corrected chi connectivity index (χ2v) is 4.42. The van der Waals surface area contributed by atoms with Gasteiger partial charge in [0.2, 0.25) is 0 Å². The van der Waals surface area contributed by atoms with E-state index in [0.717, 1.165) is 12.1 Å². The molecule has 1 N–H and O–H groups in total. The highest BCUT2D eigenvalue weighted by atomic mass is 19.2. The van der Waals surface area contributed by atoms with Crippen LogP contribution in [-0.4, -0.2) is 31.1 Å². The molecule has 19 heavy (non-hydrogen) atoms. The maximum absolute atomic E-state index is 13.8. The Labute approximate surface area is 109 Å². The quantitative estimate of drug-likeness (QED) is 0.853. The van der Waals surface area contributed by atoms with Crippen molar-refractivity contribution >= 4 is 0 Å². The number of halogens is 3. The van der Waals surface area contributed by atoms with Crippen molar-refractivity contribution in [2.24, 2.45) is 0 Å². The van der Waals surface area contributed by atoms with E-state index >= 15 is 0 Å². The van der Waals surface area contributed by atoms with Crippen LogP contribution in [0.3, 0.4) is 0 Å². The molecule has 1 aromatic rings. The van der Waals surface area contributed by atoms with E-state index in [-0.39, 0.29) is 12.0 Å². The number of nitrogens with zero attached hydrogens (tertiary/aromatic N) is 2. The smallest absolute Gasteiger partial charge is 0.166 e. The Balaban J connectivity index is 2.38. The molecule has 0 saturated carbocycles. The third-order valence-corrected chi connectivity index (χ3v) is 3.29. The Bertz CT molecular complexity index is 493. The second kappa shape index (κ2) is 6.04. The van der Waals surface area contributed by atoms with E-state index in [2.05, 4.69) is 5.32 Å². The molecule has 102 valence electrons. The summed E-state index contributed by atoms with van der Waals surface area (Å²) in [4.78, 5) is 1.81. The molecule has 0 radical (unpaired) electrons. The van der Waals surface area contributed by atoms with Gasteiger partial charge in [-0.2, -0.15) is 5.26 Å². The highest BCUT2D eigenvalue weighted by Crippen LogP contribution is 2.30. The average molecular weight is 269 g/mol. The van der Waals surface area contributed by atoms with Gasteiger partial charge in [0.15, 0.2) is 11.6 Å². The number of nitrogens with one attached hydrogen (secondary N) is 1. The van der Waals surface area contributed by atoms with Crippen LogP contribution in [0.5, 0.6) is 0 Å². The number of hydrogen-bond donors (Lipinski definition) is 1. The van der Waals surface area contributed by atoms with Gasteiger partial charge in [0, 0.05) is 31.7 Å². The first kappa shape index (κ1) is 13.8. The van der Waals surface area contributed by atoms with Crippen molar-refractivity contribution in [1.29, 1.82) is 5.26 Å². The Kier molecular flexibility index (Phi) is 4.40. The van der Waals surface area contributed by atoms with Crippen LogP contribution in [0.4, 0.5) is 13.2 Å². The lowest BCUT2D eigenvalue weighted by Gasteiger charge is -2.34. The van der Waals surface area contributed by atoms with E-state index in [4.69, 9.17) is 5.26 Å². The zero-order chi connectivity index (χ0) is 13.8. The van der Waals surface area contributed by atoms with Crippen LogP contribution in [0.2, 0.25) is 0 Å².